The van der Waals surface area contributed by atoms with E-state index in [0.29, 0.717) is 5.69 Å². The Labute approximate surface area is 120 Å². The molecule has 0 aliphatic carbocycles. The molecule has 94 valence electrons. The maximum absolute atomic E-state index is 10.1. The van der Waals surface area contributed by atoms with Gasteiger partial charge in [0.15, 0.2) is 4.98 Å². The minimum absolute atomic E-state index is 0. The van der Waals surface area contributed by atoms with Crippen LogP contribution in [0, 0.1) is 15.5 Å². The summed E-state index contributed by atoms with van der Waals surface area (Å²) >= 11 is 0. The van der Waals surface area contributed by atoms with Crippen LogP contribution in [-0.2, 0) is 0 Å². The van der Waals surface area contributed by atoms with Gasteiger partial charge < -0.3 is 22.0 Å². The molecule has 0 radical (unpaired) electrons. The fourth-order valence-corrected chi connectivity index (χ4v) is 0.641. The van der Waals surface area contributed by atoms with Gasteiger partial charge in [-0.15, -0.1) is 0 Å². The molecule has 1 aromatic rings. The van der Waals surface area contributed by atoms with Gasteiger partial charge >= 0.3 is 42.5 Å². The summed E-state index contributed by atoms with van der Waals surface area (Å²) in [5, 5.41) is 18.3. The van der Waals surface area contributed by atoms with E-state index in [4.69, 9.17) is 5.39 Å². The molecular formula is C6H4BF5N3NaO2. The van der Waals surface area contributed by atoms with Crippen LogP contribution in [0.4, 0.5) is 28.6 Å². The number of rotatable bonds is 1. The van der Waals surface area contributed by atoms with Gasteiger partial charge in [0, 0.05) is 24.3 Å². The third-order valence-electron chi connectivity index (χ3n) is 1.18. The summed E-state index contributed by atoms with van der Waals surface area (Å²) in [4.78, 5) is 12.4. The van der Waals surface area contributed by atoms with Crippen molar-refractivity contribution >= 4 is 18.6 Å². The zero-order valence-electron chi connectivity index (χ0n) is 8.93. The minimum Gasteiger partial charge on any atom is -1.00 e. The van der Waals surface area contributed by atoms with Crippen LogP contribution in [0.1, 0.15) is 0 Å². The Morgan fingerprint density at radius 2 is 1.50 bits per heavy atom. The second-order valence-electron chi connectivity index (χ2n) is 2.37. The van der Waals surface area contributed by atoms with Crippen LogP contribution in [0.3, 0.4) is 0 Å². The van der Waals surface area contributed by atoms with Crippen LogP contribution in [-0.4, -0.2) is 12.2 Å². The number of hydrogen-bond donors (Lipinski definition) is 0. The molecular weight excluding hydrogens is 275 g/mol. The van der Waals surface area contributed by atoms with E-state index in [-0.39, 0.29) is 39.9 Å². The van der Waals surface area contributed by atoms with Gasteiger partial charge in [-0.25, -0.2) is 0 Å². The van der Waals surface area contributed by atoms with Crippen LogP contribution in [0.15, 0.2) is 24.3 Å². The summed E-state index contributed by atoms with van der Waals surface area (Å²) in [6.45, 7) is 0. The number of benzene rings is 1. The smallest absolute Gasteiger partial charge is 1.00 e. The van der Waals surface area contributed by atoms with Crippen LogP contribution in [0.2, 0.25) is 0 Å². The molecule has 1 aromatic carbocycles. The van der Waals surface area contributed by atoms with E-state index >= 15 is 0 Å². The van der Waals surface area contributed by atoms with E-state index in [1.807, 2.05) is 0 Å². The summed E-state index contributed by atoms with van der Waals surface area (Å²) in [6, 6.07) is 5.26. The quantitative estimate of drug-likeness (QED) is 0.186. The monoisotopic (exact) mass is 279 g/mol. The number of nitro benzene ring substituents is 1. The van der Waals surface area contributed by atoms with Gasteiger partial charge in [-0.2, -0.15) is 0 Å². The topological polar surface area (TPSA) is 71.3 Å². The van der Waals surface area contributed by atoms with Crippen molar-refractivity contribution < 1.29 is 56.4 Å². The molecule has 0 aliphatic rings. The number of hydrogen-bond acceptors (Lipinski definition) is 3. The van der Waals surface area contributed by atoms with Crippen molar-refractivity contribution in [3.05, 3.63) is 39.4 Å². The Morgan fingerprint density at radius 3 is 1.72 bits per heavy atom. The van der Waals surface area contributed by atoms with Crippen LogP contribution < -0.4 is 34.3 Å². The van der Waals surface area contributed by atoms with E-state index in [2.05, 4.69) is 4.98 Å². The average molecular weight is 279 g/mol. The van der Waals surface area contributed by atoms with Gasteiger partial charge in [0.05, 0.1) is 4.92 Å². The maximum atomic E-state index is 10.1. The second-order valence-corrected chi connectivity index (χ2v) is 2.37. The molecule has 0 atom stereocenters. The van der Waals surface area contributed by atoms with Crippen molar-refractivity contribution in [1.82, 2.24) is 0 Å². The predicted molar refractivity (Wildman–Crippen MR) is 48.0 cm³/mol. The van der Waals surface area contributed by atoms with Gasteiger partial charge in [0.25, 0.3) is 5.69 Å². The summed E-state index contributed by atoms with van der Waals surface area (Å²) in [6.07, 6.45) is 0. The molecule has 0 saturated heterocycles. The number of halogens is 5. The number of non-ortho nitro benzene ring substituents is 1. The fraction of sp³-hybridized carbons (Fsp3) is 0. The standard InChI is InChI=1S/C6H4N3O2.BF4.FH.Na/c7-8-5-1-3-6(4-2-5)9(10)11;2-1(3,4)5;;/h1-4H;;1H;/q+1;-1;;+1/p-1. The zero-order valence-corrected chi connectivity index (χ0v) is 10.9. The van der Waals surface area contributed by atoms with Gasteiger partial charge in [-0.3, -0.25) is 10.1 Å². The molecule has 0 aliphatic heterocycles. The van der Waals surface area contributed by atoms with Crippen LogP contribution in [0.5, 0.6) is 0 Å². The van der Waals surface area contributed by atoms with Crippen molar-refractivity contribution in [3.63, 3.8) is 0 Å². The first kappa shape index (κ1) is 22.0. The summed E-state index contributed by atoms with van der Waals surface area (Å²) in [7, 11) is -6.00. The predicted octanol–water partition coefficient (Wildman–Crippen LogP) is -2.61. The molecule has 12 heteroatoms. The number of nitrogens with zero attached hydrogens (tertiary/aromatic N) is 3. The summed E-state index contributed by atoms with van der Waals surface area (Å²) < 4.78 is 39.0. The van der Waals surface area contributed by atoms with Crippen molar-refractivity contribution in [2.24, 2.45) is 0 Å². The van der Waals surface area contributed by atoms with E-state index in [1.54, 1.807) is 0 Å². The van der Waals surface area contributed by atoms with Crippen molar-refractivity contribution in [3.8, 4) is 0 Å². The molecule has 0 bridgehead atoms. The third kappa shape index (κ3) is 12.8. The van der Waals surface area contributed by atoms with Gasteiger partial charge in [0.1, 0.15) is 0 Å². The first-order chi connectivity index (χ1) is 7.24. The molecule has 0 spiro atoms. The molecule has 0 amide bonds. The Hall–Kier alpha value is -1.25. The molecule has 1 rings (SSSR count). The fourth-order valence-electron chi connectivity index (χ4n) is 0.641. The van der Waals surface area contributed by atoms with E-state index in [0.717, 1.165) is 0 Å². The molecule has 0 N–H and O–H groups in total. The van der Waals surface area contributed by atoms with Crippen LogP contribution >= 0.6 is 0 Å². The zero-order chi connectivity index (χ0) is 12.8. The summed E-state index contributed by atoms with van der Waals surface area (Å²) in [5.74, 6) is 0. The van der Waals surface area contributed by atoms with Gasteiger partial charge in [-0.1, -0.05) is 0 Å². The molecule has 0 aromatic heterocycles. The van der Waals surface area contributed by atoms with E-state index < -0.39 is 12.2 Å². The molecule has 18 heavy (non-hydrogen) atoms. The SMILES string of the molecule is F[B-](F)(F)F.N#[N+]c1ccc([N+](=O)[O-])cc1.[F-].[Na+]. The largest absolute Gasteiger partial charge is 1.00 e. The first-order valence-electron chi connectivity index (χ1n) is 3.71. The minimum atomic E-state index is -6.00. The average Bonchev–Trinajstić information content (AvgIpc) is 2.15. The van der Waals surface area contributed by atoms with Crippen molar-refractivity contribution in [2.45, 2.75) is 0 Å². The summed E-state index contributed by atoms with van der Waals surface area (Å²) in [5.41, 5.74) is 0.285. The van der Waals surface area contributed by atoms with E-state index in [9.17, 15) is 27.4 Å². The third-order valence-corrected chi connectivity index (χ3v) is 1.18. The molecule has 0 fully saturated rings. The first-order valence-corrected chi connectivity index (χ1v) is 3.71. The molecule has 0 saturated carbocycles. The van der Waals surface area contributed by atoms with Crippen LogP contribution in [0.25, 0.3) is 4.98 Å². The normalized spacial score (nSPS) is 8.61. The Balaban J connectivity index is -0.000000282. The number of nitro groups is 1. The van der Waals surface area contributed by atoms with Gasteiger partial charge in [-0.05, 0) is 0 Å². The Bertz CT molecular complexity index is 401. The van der Waals surface area contributed by atoms with Crippen molar-refractivity contribution in [1.29, 1.82) is 5.39 Å². The Kier molecular flexibility index (Phi) is 11.9. The van der Waals surface area contributed by atoms with Crippen molar-refractivity contribution in [2.75, 3.05) is 0 Å². The van der Waals surface area contributed by atoms with E-state index in [1.165, 1.54) is 24.3 Å². The molecule has 0 heterocycles. The molecule has 5 nitrogen and oxygen atoms in total. The Morgan fingerprint density at radius 1 is 1.17 bits per heavy atom. The maximum Gasteiger partial charge on any atom is 1.00 e. The molecule has 0 unspecified atom stereocenters. The van der Waals surface area contributed by atoms with Gasteiger partial charge in [0.2, 0.25) is 5.39 Å². The second kappa shape index (κ2) is 9.75. The number of diazo groups is 1.